The van der Waals surface area contributed by atoms with Crippen molar-refractivity contribution in [2.24, 2.45) is 5.92 Å². The molecular formula is C17H22O5. The topological polar surface area (TPSA) is 72.8 Å². The van der Waals surface area contributed by atoms with Gasteiger partial charge in [0, 0.05) is 18.9 Å². The minimum absolute atomic E-state index is 0.0752. The van der Waals surface area contributed by atoms with Crippen LogP contribution in [0.4, 0.5) is 0 Å². The van der Waals surface area contributed by atoms with Crippen LogP contribution in [0.1, 0.15) is 33.1 Å². The summed E-state index contributed by atoms with van der Waals surface area (Å²) in [5.41, 5.74) is 2.21. The molecule has 0 radical (unpaired) electrons. The van der Waals surface area contributed by atoms with Crippen LogP contribution in [-0.2, 0) is 19.1 Å². The molecule has 0 saturated carbocycles. The molecule has 0 aromatic rings. The van der Waals surface area contributed by atoms with Crippen molar-refractivity contribution in [1.82, 2.24) is 0 Å². The van der Waals surface area contributed by atoms with Crippen molar-refractivity contribution < 1.29 is 24.2 Å². The maximum Gasteiger partial charge on any atom is 0.334 e. The molecule has 1 heterocycles. The van der Waals surface area contributed by atoms with Crippen molar-refractivity contribution in [2.45, 2.75) is 45.3 Å². The van der Waals surface area contributed by atoms with Crippen molar-refractivity contribution in [3.05, 3.63) is 35.5 Å². The normalized spacial score (nSPS) is 33.9. The third kappa shape index (κ3) is 3.65. The molecule has 5 nitrogen and oxygen atoms in total. The summed E-state index contributed by atoms with van der Waals surface area (Å²) in [6.45, 7) is 7.03. The van der Waals surface area contributed by atoms with Gasteiger partial charge >= 0.3 is 11.9 Å². The van der Waals surface area contributed by atoms with Crippen LogP contribution in [0.2, 0.25) is 0 Å². The largest absolute Gasteiger partial charge is 0.458 e. The van der Waals surface area contributed by atoms with Gasteiger partial charge in [0.1, 0.15) is 12.2 Å². The number of rotatable bonds is 2. The van der Waals surface area contributed by atoms with E-state index in [1.54, 1.807) is 0 Å². The zero-order valence-corrected chi connectivity index (χ0v) is 13.0. The molecule has 120 valence electrons. The molecular weight excluding hydrogens is 284 g/mol. The monoisotopic (exact) mass is 306 g/mol. The summed E-state index contributed by atoms with van der Waals surface area (Å²) in [5, 5.41) is 9.47. The van der Waals surface area contributed by atoms with Gasteiger partial charge in [-0.1, -0.05) is 18.2 Å². The van der Waals surface area contributed by atoms with Gasteiger partial charge in [-0.25, -0.2) is 4.79 Å². The number of allylic oxidation sites excluding steroid dienone is 2. The number of aliphatic hydroxyl groups is 1. The molecule has 3 atom stereocenters. The van der Waals surface area contributed by atoms with Gasteiger partial charge in [-0.3, -0.25) is 4.79 Å². The van der Waals surface area contributed by atoms with Crippen molar-refractivity contribution >= 4 is 11.9 Å². The van der Waals surface area contributed by atoms with Gasteiger partial charge in [-0.05, 0) is 31.4 Å². The van der Waals surface area contributed by atoms with Crippen LogP contribution >= 0.6 is 0 Å². The van der Waals surface area contributed by atoms with E-state index in [0.29, 0.717) is 12.0 Å². The molecule has 5 heteroatoms. The predicted octanol–water partition coefficient (Wildman–Crippen LogP) is 2.06. The molecule has 2 aliphatic rings. The summed E-state index contributed by atoms with van der Waals surface area (Å²) in [6, 6.07) is 0. The second kappa shape index (κ2) is 6.92. The molecule has 0 spiro atoms. The Bertz CT molecular complexity index is 543. The summed E-state index contributed by atoms with van der Waals surface area (Å²) in [7, 11) is 0. The Morgan fingerprint density at radius 1 is 1.55 bits per heavy atom. The van der Waals surface area contributed by atoms with Gasteiger partial charge in [-0.2, -0.15) is 0 Å². The number of carbonyl (C=O) groups is 2. The number of aliphatic hydroxyl groups excluding tert-OH is 1. The molecule has 0 bridgehead atoms. The summed E-state index contributed by atoms with van der Waals surface area (Å²) in [5.74, 6) is -1.29. The average molecular weight is 306 g/mol. The van der Waals surface area contributed by atoms with Gasteiger partial charge in [-0.15, -0.1) is 0 Å². The highest BCUT2D eigenvalue weighted by Crippen LogP contribution is 2.36. The third-order valence-electron chi connectivity index (χ3n) is 4.07. The van der Waals surface area contributed by atoms with Crippen LogP contribution in [0.25, 0.3) is 0 Å². The average Bonchev–Trinajstić information content (AvgIpc) is 2.71. The van der Waals surface area contributed by atoms with Gasteiger partial charge in [0.05, 0.1) is 12.5 Å². The Morgan fingerprint density at radius 2 is 2.27 bits per heavy atom. The van der Waals surface area contributed by atoms with Crippen LogP contribution in [0, 0.1) is 5.92 Å². The minimum Gasteiger partial charge on any atom is -0.458 e. The maximum atomic E-state index is 11.9. The zero-order valence-electron chi connectivity index (χ0n) is 13.0. The van der Waals surface area contributed by atoms with E-state index in [-0.39, 0.29) is 6.61 Å². The molecule has 0 aromatic carbocycles. The third-order valence-corrected chi connectivity index (χ3v) is 4.07. The second-order valence-corrected chi connectivity index (χ2v) is 5.85. The number of ether oxygens (including phenoxy) is 2. The fourth-order valence-electron chi connectivity index (χ4n) is 2.97. The molecule has 1 aliphatic heterocycles. The Kier molecular flexibility index (Phi) is 5.19. The van der Waals surface area contributed by atoms with Crippen LogP contribution in [0.5, 0.6) is 0 Å². The first kappa shape index (κ1) is 16.5. The highest BCUT2D eigenvalue weighted by atomic mass is 16.6. The lowest BCUT2D eigenvalue weighted by Crippen LogP contribution is -2.32. The standard InChI is InChI=1S/C17H22O5/c1-10-5-4-6-13(9-18)8-15-16(11(2)17(20)22-15)14(7-10)21-12(3)19/h6-7,14-16,18H,2,4-5,8-9H2,1,3H3/b10-7+,13-6+/t14-,15+,16+/m1/s1. The van der Waals surface area contributed by atoms with Gasteiger partial charge in [0.15, 0.2) is 0 Å². The van der Waals surface area contributed by atoms with Crippen molar-refractivity contribution in [3.8, 4) is 0 Å². The Hall–Kier alpha value is -1.88. The van der Waals surface area contributed by atoms with E-state index in [2.05, 4.69) is 6.58 Å². The molecule has 22 heavy (non-hydrogen) atoms. The lowest BCUT2D eigenvalue weighted by atomic mass is 9.85. The van der Waals surface area contributed by atoms with Gasteiger partial charge in [0.2, 0.25) is 0 Å². The first-order chi connectivity index (χ1) is 10.4. The summed E-state index contributed by atoms with van der Waals surface area (Å²) in [6.07, 6.45) is 4.84. The van der Waals surface area contributed by atoms with Crippen LogP contribution in [-0.4, -0.2) is 35.9 Å². The van der Waals surface area contributed by atoms with Crippen molar-refractivity contribution in [3.63, 3.8) is 0 Å². The number of hydrogen-bond donors (Lipinski definition) is 1. The second-order valence-electron chi connectivity index (χ2n) is 5.85. The number of hydrogen-bond acceptors (Lipinski definition) is 5. The summed E-state index contributed by atoms with van der Waals surface area (Å²) in [4.78, 5) is 23.3. The van der Waals surface area contributed by atoms with E-state index in [4.69, 9.17) is 9.47 Å². The van der Waals surface area contributed by atoms with E-state index < -0.39 is 30.1 Å². The molecule has 2 rings (SSSR count). The zero-order chi connectivity index (χ0) is 16.3. The smallest absolute Gasteiger partial charge is 0.334 e. The van der Waals surface area contributed by atoms with Gasteiger partial charge in [0.25, 0.3) is 0 Å². The highest BCUT2D eigenvalue weighted by molar-refractivity contribution is 5.91. The SMILES string of the molecule is C=C1C(=O)O[C@H]2C/C(CO)=C\CC/C(C)=C/[C@@H](OC(C)=O)[C@H]12. The van der Waals surface area contributed by atoms with Crippen molar-refractivity contribution in [1.29, 1.82) is 0 Å². The number of carbonyl (C=O) groups excluding carboxylic acids is 2. The predicted molar refractivity (Wildman–Crippen MR) is 80.8 cm³/mol. The molecule has 1 N–H and O–H groups in total. The molecule has 0 aromatic heterocycles. The Morgan fingerprint density at radius 3 is 2.91 bits per heavy atom. The summed E-state index contributed by atoms with van der Waals surface area (Å²) < 4.78 is 10.8. The molecule has 1 saturated heterocycles. The van der Waals surface area contributed by atoms with Gasteiger partial charge < -0.3 is 14.6 Å². The lowest BCUT2D eigenvalue weighted by Gasteiger charge is -2.26. The maximum absolute atomic E-state index is 11.9. The molecule has 0 amide bonds. The summed E-state index contributed by atoms with van der Waals surface area (Å²) >= 11 is 0. The minimum atomic E-state index is -0.570. The van der Waals surface area contributed by atoms with E-state index in [9.17, 15) is 14.7 Å². The van der Waals surface area contributed by atoms with E-state index in [1.807, 2.05) is 19.1 Å². The Balaban J connectivity index is 2.39. The highest BCUT2D eigenvalue weighted by Gasteiger charge is 2.44. The quantitative estimate of drug-likeness (QED) is 0.480. The van der Waals surface area contributed by atoms with Crippen molar-refractivity contribution in [2.75, 3.05) is 6.61 Å². The molecule has 1 aliphatic carbocycles. The van der Waals surface area contributed by atoms with E-state index in [1.165, 1.54) is 6.92 Å². The fourth-order valence-corrected chi connectivity index (χ4v) is 2.97. The van der Waals surface area contributed by atoms with Crippen LogP contribution in [0.3, 0.4) is 0 Å². The lowest BCUT2D eigenvalue weighted by molar-refractivity contribution is -0.147. The van der Waals surface area contributed by atoms with E-state index in [0.717, 1.165) is 24.0 Å². The molecule has 1 fully saturated rings. The first-order valence-electron chi connectivity index (χ1n) is 7.45. The van der Waals surface area contributed by atoms with Crippen LogP contribution in [0.15, 0.2) is 35.5 Å². The molecule has 0 unspecified atom stereocenters. The fraction of sp³-hybridized carbons (Fsp3) is 0.529. The van der Waals surface area contributed by atoms with Crippen LogP contribution < -0.4 is 0 Å². The van der Waals surface area contributed by atoms with E-state index >= 15 is 0 Å². The first-order valence-corrected chi connectivity index (χ1v) is 7.45. The Labute approximate surface area is 130 Å². The number of fused-ring (bicyclic) bond motifs is 1. The number of esters is 2.